The Morgan fingerprint density at radius 1 is 1.15 bits per heavy atom. The second-order valence-electron chi connectivity index (χ2n) is 7.10. The minimum atomic E-state index is 0.684. The minimum Gasteiger partial charge on any atom is -0.315 e. The third-order valence-electron chi connectivity index (χ3n) is 5.74. The van der Waals surface area contributed by atoms with Crippen molar-refractivity contribution in [1.29, 1.82) is 0 Å². The first-order valence-corrected chi connectivity index (χ1v) is 8.76. The van der Waals surface area contributed by atoms with Crippen LogP contribution in [0.2, 0.25) is 0 Å². The van der Waals surface area contributed by atoms with Crippen LogP contribution in [0.25, 0.3) is 0 Å². The molecule has 1 saturated carbocycles. The third-order valence-corrected chi connectivity index (χ3v) is 5.74. The molecule has 5 atom stereocenters. The van der Waals surface area contributed by atoms with E-state index in [4.69, 9.17) is 0 Å². The van der Waals surface area contributed by atoms with Gasteiger partial charge in [-0.1, -0.05) is 27.7 Å². The van der Waals surface area contributed by atoms with Crippen LogP contribution >= 0.6 is 0 Å². The highest BCUT2D eigenvalue weighted by atomic mass is 15.3. The van der Waals surface area contributed by atoms with Gasteiger partial charge in [0.15, 0.2) is 0 Å². The van der Waals surface area contributed by atoms with Gasteiger partial charge in [0.25, 0.3) is 0 Å². The number of hydrogen-bond donors (Lipinski definition) is 1. The molecular formula is C17H35N3. The summed E-state index contributed by atoms with van der Waals surface area (Å²) >= 11 is 0. The number of likely N-dealkylation sites (N-methyl/N-ethyl adjacent to an activating group) is 2. The van der Waals surface area contributed by atoms with Crippen LogP contribution in [0.1, 0.15) is 47.0 Å². The molecule has 2 fully saturated rings. The van der Waals surface area contributed by atoms with Gasteiger partial charge in [-0.3, -0.25) is 9.80 Å². The smallest absolute Gasteiger partial charge is 0.0275 e. The molecule has 1 heterocycles. The lowest BCUT2D eigenvalue weighted by atomic mass is 9.76. The summed E-state index contributed by atoms with van der Waals surface area (Å²) in [6.45, 7) is 14.4. The van der Waals surface area contributed by atoms with Crippen molar-refractivity contribution in [2.45, 2.75) is 65.1 Å². The monoisotopic (exact) mass is 281 g/mol. The zero-order chi connectivity index (χ0) is 14.7. The molecule has 2 rings (SSSR count). The van der Waals surface area contributed by atoms with Crippen molar-refractivity contribution in [1.82, 2.24) is 15.1 Å². The van der Waals surface area contributed by atoms with Crippen LogP contribution in [0.5, 0.6) is 0 Å². The predicted molar refractivity (Wildman–Crippen MR) is 87.1 cm³/mol. The number of hydrogen-bond acceptors (Lipinski definition) is 3. The Labute approximate surface area is 126 Å². The van der Waals surface area contributed by atoms with Crippen molar-refractivity contribution >= 4 is 0 Å². The highest BCUT2D eigenvalue weighted by molar-refractivity contribution is 4.97. The molecule has 0 aromatic rings. The van der Waals surface area contributed by atoms with Gasteiger partial charge in [-0.05, 0) is 51.2 Å². The third kappa shape index (κ3) is 3.37. The molecule has 0 amide bonds. The highest BCUT2D eigenvalue weighted by Gasteiger charge is 2.40. The van der Waals surface area contributed by atoms with Crippen LogP contribution < -0.4 is 5.32 Å². The molecule has 1 aliphatic carbocycles. The Balaban J connectivity index is 2.00. The lowest BCUT2D eigenvalue weighted by Crippen LogP contribution is -2.55. The molecule has 1 aliphatic heterocycles. The lowest BCUT2D eigenvalue weighted by Gasteiger charge is -2.44. The molecule has 2 aliphatic rings. The Morgan fingerprint density at radius 2 is 1.85 bits per heavy atom. The molecule has 3 nitrogen and oxygen atoms in total. The molecular weight excluding hydrogens is 246 g/mol. The fourth-order valence-corrected chi connectivity index (χ4v) is 4.82. The van der Waals surface area contributed by atoms with E-state index in [-0.39, 0.29) is 0 Å². The number of rotatable bonds is 5. The first-order chi connectivity index (χ1) is 9.60. The van der Waals surface area contributed by atoms with E-state index >= 15 is 0 Å². The predicted octanol–water partition coefficient (Wildman–Crippen LogP) is 2.43. The standard InChI is InChI=1S/C17H35N3/c1-6-19(7-2)15-8-9-20(12-15)17-14(4)10-13(3)11-16(17)18-5/h13-18H,6-12H2,1-5H3. The Kier molecular flexibility index (Phi) is 5.88. The van der Waals surface area contributed by atoms with E-state index in [1.807, 2.05) is 0 Å². The Morgan fingerprint density at radius 3 is 2.45 bits per heavy atom. The van der Waals surface area contributed by atoms with E-state index in [9.17, 15) is 0 Å². The van der Waals surface area contributed by atoms with E-state index in [0.29, 0.717) is 6.04 Å². The number of nitrogens with one attached hydrogen (secondary N) is 1. The van der Waals surface area contributed by atoms with Crippen molar-refractivity contribution in [3.8, 4) is 0 Å². The van der Waals surface area contributed by atoms with Crippen LogP contribution in [0.3, 0.4) is 0 Å². The Bertz CT molecular complexity index is 290. The van der Waals surface area contributed by atoms with Gasteiger partial charge in [-0.25, -0.2) is 0 Å². The largest absolute Gasteiger partial charge is 0.315 e. The molecule has 0 radical (unpaired) electrons. The number of nitrogens with zero attached hydrogens (tertiary/aromatic N) is 2. The molecule has 0 aromatic carbocycles. The fraction of sp³-hybridized carbons (Fsp3) is 1.00. The molecule has 20 heavy (non-hydrogen) atoms. The van der Waals surface area contributed by atoms with Gasteiger partial charge in [-0.2, -0.15) is 0 Å². The van der Waals surface area contributed by atoms with Crippen molar-refractivity contribution in [2.75, 3.05) is 33.2 Å². The summed E-state index contributed by atoms with van der Waals surface area (Å²) in [6, 6.07) is 2.22. The summed E-state index contributed by atoms with van der Waals surface area (Å²) in [7, 11) is 2.15. The van der Waals surface area contributed by atoms with E-state index in [0.717, 1.165) is 23.9 Å². The normalized spacial score (nSPS) is 39.6. The molecule has 1 N–H and O–H groups in total. The van der Waals surface area contributed by atoms with Gasteiger partial charge in [0.1, 0.15) is 0 Å². The van der Waals surface area contributed by atoms with E-state index < -0.39 is 0 Å². The Hall–Kier alpha value is -0.120. The van der Waals surface area contributed by atoms with Crippen molar-refractivity contribution < 1.29 is 0 Å². The average Bonchev–Trinajstić information content (AvgIpc) is 2.88. The SMILES string of the molecule is CCN(CC)C1CCN(C2C(C)CC(C)CC2NC)C1. The summed E-state index contributed by atoms with van der Waals surface area (Å²) in [6.07, 6.45) is 4.10. The van der Waals surface area contributed by atoms with Gasteiger partial charge in [0.05, 0.1) is 0 Å². The maximum absolute atomic E-state index is 3.61. The van der Waals surface area contributed by atoms with Crippen LogP contribution in [0, 0.1) is 11.8 Å². The van der Waals surface area contributed by atoms with Gasteiger partial charge in [-0.15, -0.1) is 0 Å². The second kappa shape index (κ2) is 7.24. The van der Waals surface area contributed by atoms with Crippen LogP contribution in [0.4, 0.5) is 0 Å². The first kappa shape index (κ1) is 16.3. The summed E-state index contributed by atoms with van der Waals surface area (Å²) < 4.78 is 0. The van der Waals surface area contributed by atoms with Crippen molar-refractivity contribution in [3.05, 3.63) is 0 Å². The molecule has 5 unspecified atom stereocenters. The van der Waals surface area contributed by atoms with Gasteiger partial charge >= 0.3 is 0 Å². The fourth-order valence-electron chi connectivity index (χ4n) is 4.82. The molecule has 0 aromatic heterocycles. The number of likely N-dealkylation sites (tertiary alicyclic amines) is 1. The zero-order valence-electron chi connectivity index (χ0n) is 14.2. The van der Waals surface area contributed by atoms with E-state index in [1.165, 1.54) is 45.4 Å². The second-order valence-corrected chi connectivity index (χ2v) is 7.10. The summed E-state index contributed by atoms with van der Waals surface area (Å²) in [5, 5.41) is 3.61. The lowest BCUT2D eigenvalue weighted by molar-refractivity contribution is 0.0749. The maximum atomic E-state index is 3.61. The van der Waals surface area contributed by atoms with Crippen LogP contribution in [-0.2, 0) is 0 Å². The van der Waals surface area contributed by atoms with Gasteiger partial charge in [0.2, 0.25) is 0 Å². The van der Waals surface area contributed by atoms with Crippen LogP contribution in [-0.4, -0.2) is 61.2 Å². The van der Waals surface area contributed by atoms with E-state index in [1.54, 1.807) is 0 Å². The molecule has 0 spiro atoms. The van der Waals surface area contributed by atoms with Gasteiger partial charge < -0.3 is 5.32 Å². The maximum Gasteiger partial charge on any atom is 0.0275 e. The van der Waals surface area contributed by atoms with E-state index in [2.05, 4.69) is 49.9 Å². The van der Waals surface area contributed by atoms with Crippen LogP contribution in [0.15, 0.2) is 0 Å². The minimum absolute atomic E-state index is 0.684. The highest BCUT2D eigenvalue weighted by Crippen LogP contribution is 2.34. The molecule has 118 valence electrons. The summed E-state index contributed by atoms with van der Waals surface area (Å²) in [5.74, 6) is 1.70. The molecule has 1 saturated heterocycles. The average molecular weight is 281 g/mol. The van der Waals surface area contributed by atoms with Gasteiger partial charge in [0, 0.05) is 31.2 Å². The summed E-state index contributed by atoms with van der Waals surface area (Å²) in [5.41, 5.74) is 0. The quantitative estimate of drug-likeness (QED) is 0.835. The topological polar surface area (TPSA) is 18.5 Å². The molecule has 0 bridgehead atoms. The summed E-state index contributed by atoms with van der Waals surface area (Å²) in [4.78, 5) is 5.44. The van der Waals surface area contributed by atoms with Crippen molar-refractivity contribution in [2.24, 2.45) is 11.8 Å². The molecule has 3 heteroatoms. The zero-order valence-corrected chi connectivity index (χ0v) is 14.2. The van der Waals surface area contributed by atoms with Crippen molar-refractivity contribution in [3.63, 3.8) is 0 Å². The first-order valence-electron chi connectivity index (χ1n) is 8.76.